The zero-order chi connectivity index (χ0) is 18.4. The molecule has 0 aliphatic rings. The van der Waals surface area contributed by atoms with Gasteiger partial charge in [-0.2, -0.15) is 0 Å². The molecule has 1 atom stereocenters. The highest BCUT2D eigenvalue weighted by Gasteiger charge is 2.27. The van der Waals surface area contributed by atoms with Gasteiger partial charge in [0.15, 0.2) is 0 Å². The molecule has 0 fully saturated rings. The van der Waals surface area contributed by atoms with E-state index in [1.165, 1.54) is 0 Å². The van der Waals surface area contributed by atoms with Crippen LogP contribution in [0.5, 0.6) is 5.75 Å². The van der Waals surface area contributed by atoms with Gasteiger partial charge in [-0.3, -0.25) is 0 Å². The first-order valence-corrected chi connectivity index (χ1v) is 8.21. The first-order valence-electron chi connectivity index (χ1n) is 8.21. The summed E-state index contributed by atoms with van der Waals surface area (Å²) in [5.41, 5.74) is 2.04. The molecule has 0 bridgehead atoms. The lowest BCUT2D eigenvalue weighted by molar-refractivity contribution is 0.139. The van der Waals surface area contributed by atoms with E-state index in [0.717, 1.165) is 22.6 Å². The Bertz CT molecular complexity index is 690. The zero-order valence-corrected chi connectivity index (χ0v) is 15.4. The molecule has 5 nitrogen and oxygen atoms in total. The molecule has 2 rings (SSSR count). The first kappa shape index (κ1) is 18.6. The van der Waals surface area contributed by atoms with E-state index in [4.69, 9.17) is 9.15 Å². The van der Waals surface area contributed by atoms with E-state index in [2.05, 4.69) is 6.58 Å². The minimum Gasteiger partial charge on any atom is -0.497 e. The zero-order valence-electron chi connectivity index (χ0n) is 15.4. The number of ether oxygens (including phenoxy) is 1. The Morgan fingerprint density at radius 2 is 1.92 bits per heavy atom. The largest absolute Gasteiger partial charge is 0.497 e. The highest BCUT2D eigenvalue weighted by atomic mass is 16.5. The highest BCUT2D eigenvalue weighted by molar-refractivity contribution is 5.74. The molecule has 0 aliphatic heterocycles. The van der Waals surface area contributed by atoms with Crippen LogP contribution in [-0.4, -0.2) is 37.0 Å². The van der Waals surface area contributed by atoms with E-state index < -0.39 is 0 Å². The van der Waals surface area contributed by atoms with Crippen LogP contribution < -0.4 is 4.74 Å². The first-order chi connectivity index (χ1) is 11.9. The third kappa shape index (κ3) is 4.89. The van der Waals surface area contributed by atoms with Gasteiger partial charge in [-0.1, -0.05) is 17.7 Å². The summed E-state index contributed by atoms with van der Waals surface area (Å²) in [7, 11) is 5.14. The minimum atomic E-state index is -0.136. The molecule has 2 amide bonds. The third-order valence-electron chi connectivity index (χ3n) is 3.95. The number of hydrogen-bond acceptors (Lipinski definition) is 3. The fraction of sp³-hybridized carbons (Fsp3) is 0.350. The van der Waals surface area contributed by atoms with E-state index >= 15 is 0 Å². The van der Waals surface area contributed by atoms with Gasteiger partial charge in [0.2, 0.25) is 0 Å². The SMILES string of the molecule is C=C(C)C[C@H](c1ccc(OC)cc1)N(Cc1ccco1)C(=O)N(C)C. The molecule has 0 radical (unpaired) electrons. The van der Waals surface area contributed by atoms with E-state index in [1.54, 1.807) is 32.4 Å². The molecule has 5 heteroatoms. The Kier molecular flexibility index (Phi) is 6.28. The number of carbonyl (C=O) groups is 1. The predicted molar refractivity (Wildman–Crippen MR) is 98.5 cm³/mol. The Hall–Kier alpha value is -2.69. The lowest BCUT2D eigenvalue weighted by atomic mass is 9.98. The topological polar surface area (TPSA) is 45.9 Å². The van der Waals surface area contributed by atoms with Gasteiger partial charge in [0.05, 0.1) is 26.0 Å². The Labute approximate surface area is 149 Å². The number of carbonyl (C=O) groups excluding carboxylic acids is 1. The molecule has 25 heavy (non-hydrogen) atoms. The van der Waals surface area contributed by atoms with Crippen LogP contribution in [0, 0.1) is 0 Å². The molecule has 0 saturated heterocycles. The summed E-state index contributed by atoms with van der Waals surface area (Å²) in [6.45, 7) is 6.41. The van der Waals surface area contributed by atoms with Crippen molar-refractivity contribution in [2.45, 2.75) is 25.9 Å². The summed E-state index contributed by atoms with van der Waals surface area (Å²) in [4.78, 5) is 16.2. The van der Waals surface area contributed by atoms with Gasteiger partial charge in [0.1, 0.15) is 11.5 Å². The van der Waals surface area contributed by atoms with Crippen molar-refractivity contribution in [1.82, 2.24) is 9.80 Å². The second-order valence-corrected chi connectivity index (χ2v) is 6.33. The van der Waals surface area contributed by atoms with Gasteiger partial charge in [0.25, 0.3) is 0 Å². The van der Waals surface area contributed by atoms with Crippen LogP contribution >= 0.6 is 0 Å². The van der Waals surface area contributed by atoms with Crippen molar-refractivity contribution in [2.75, 3.05) is 21.2 Å². The van der Waals surface area contributed by atoms with Crippen LogP contribution in [-0.2, 0) is 6.54 Å². The summed E-state index contributed by atoms with van der Waals surface area (Å²) in [6.07, 6.45) is 2.29. The Balaban J connectivity index is 2.39. The smallest absolute Gasteiger partial charge is 0.320 e. The maximum absolute atomic E-state index is 12.8. The van der Waals surface area contributed by atoms with Gasteiger partial charge in [-0.25, -0.2) is 4.79 Å². The molecule has 0 aliphatic carbocycles. The Morgan fingerprint density at radius 3 is 2.40 bits per heavy atom. The van der Waals surface area contributed by atoms with Gasteiger partial charge in [0, 0.05) is 14.1 Å². The summed E-state index contributed by atoms with van der Waals surface area (Å²) in [5, 5.41) is 0. The van der Waals surface area contributed by atoms with E-state index in [0.29, 0.717) is 13.0 Å². The average molecular weight is 342 g/mol. The minimum absolute atomic E-state index is 0.0709. The maximum atomic E-state index is 12.8. The molecule has 1 aromatic heterocycles. The fourth-order valence-corrected chi connectivity index (χ4v) is 2.70. The fourth-order valence-electron chi connectivity index (χ4n) is 2.70. The van der Waals surface area contributed by atoms with Crippen LogP contribution in [0.25, 0.3) is 0 Å². The summed E-state index contributed by atoms with van der Waals surface area (Å²) < 4.78 is 10.7. The van der Waals surface area contributed by atoms with Gasteiger partial charge < -0.3 is 19.0 Å². The molecule has 0 N–H and O–H groups in total. The second-order valence-electron chi connectivity index (χ2n) is 6.33. The van der Waals surface area contributed by atoms with Crippen LogP contribution in [0.2, 0.25) is 0 Å². The molecule has 2 aromatic rings. The summed E-state index contributed by atoms with van der Waals surface area (Å²) in [6, 6.07) is 11.3. The lowest BCUT2D eigenvalue weighted by Gasteiger charge is -2.34. The molecular weight excluding hydrogens is 316 g/mol. The number of amides is 2. The van der Waals surface area contributed by atoms with Gasteiger partial charge in [-0.15, -0.1) is 6.58 Å². The molecule has 0 saturated carbocycles. The highest BCUT2D eigenvalue weighted by Crippen LogP contribution is 2.31. The average Bonchev–Trinajstić information content (AvgIpc) is 3.10. The Morgan fingerprint density at radius 1 is 1.24 bits per heavy atom. The lowest BCUT2D eigenvalue weighted by Crippen LogP contribution is -2.41. The van der Waals surface area contributed by atoms with Crippen molar-refractivity contribution in [2.24, 2.45) is 0 Å². The number of nitrogens with zero attached hydrogens (tertiary/aromatic N) is 2. The van der Waals surface area contributed by atoms with Crippen LogP contribution in [0.4, 0.5) is 4.79 Å². The quantitative estimate of drug-likeness (QED) is 0.697. The standard InChI is InChI=1S/C20H26N2O3/c1-15(2)13-19(16-8-10-17(24-5)11-9-16)22(20(23)21(3)4)14-18-7-6-12-25-18/h6-12,19H,1,13-14H2,2-5H3/t19-/m1/s1. The number of urea groups is 1. The van der Waals surface area contributed by atoms with Crippen LogP contribution in [0.1, 0.15) is 30.7 Å². The monoisotopic (exact) mass is 342 g/mol. The normalized spacial score (nSPS) is 11.7. The maximum Gasteiger partial charge on any atom is 0.320 e. The molecular formula is C20H26N2O3. The van der Waals surface area contributed by atoms with E-state index in [9.17, 15) is 4.79 Å². The number of benzene rings is 1. The van der Waals surface area contributed by atoms with Crippen LogP contribution in [0.15, 0.2) is 59.2 Å². The molecule has 1 heterocycles. The predicted octanol–water partition coefficient (Wildman–Crippen LogP) is 4.48. The number of rotatable bonds is 7. The van der Waals surface area contributed by atoms with E-state index in [1.807, 2.05) is 48.2 Å². The number of furan rings is 1. The molecule has 134 valence electrons. The molecule has 0 spiro atoms. The third-order valence-corrected chi connectivity index (χ3v) is 3.95. The second kappa shape index (κ2) is 8.42. The van der Waals surface area contributed by atoms with Crippen molar-refractivity contribution in [3.05, 3.63) is 66.1 Å². The summed E-state index contributed by atoms with van der Waals surface area (Å²) >= 11 is 0. The van der Waals surface area contributed by atoms with Crippen molar-refractivity contribution >= 4 is 6.03 Å². The van der Waals surface area contributed by atoms with Crippen molar-refractivity contribution in [1.29, 1.82) is 0 Å². The number of methoxy groups -OCH3 is 1. The molecule has 0 unspecified atom stereocenters. The van der Waals surface area contributed by atoms with Crippen LogP contribution in [0.3, 0.4) is 0 Å². The van der Waals surface area contributed by atoms with Gasteiger partial charge in [-0.05, 0) is 43.2 Å². The number of hydrogen-bond donors (Lipinski definition) is 0. The molecule has 1 aromatic carbocycles. The van der Waals surface area contributed by atoms with E-state index in [-0.39, 0.29) is 12.1 Å². The van der Waals surface area contributed by atoms with Crippen molar-refractivity contribution in [3.8, 4) is 5.75 Å². The van der Waals surface area contributed by atoms with Crippen molar-refractivity contribution < 1.29 is 13.9 Å². The van der Waals surface area contributed by atoms with Gasteiger partial charge >= 0.3 is 6.03 Å². The van der Waals surface area contributed by atoms with Crippen molar-refractivity contribution in [3.63, 3.8) is 0 Å². The summed E-state index contributed by atoms with van der Waals surface area (Å²) in [5.74, 6) is 1.53.